The Labute approximate surface area is 244 Å². The van der Waals surface area contributed by atoms with E-state index in [1.54, 1.807) is 64.1 Å². The van der Waals surface area contributed by atoms with E-state index in [4.69, 9.17) is 22.1 Å². The molecule has 3 aromatic carbocycles. The summed E-state index contributed by atoms with van der Waals surface area (Å²) in [5.74, 6) is -1.69. The quantitative estimate of drug-likeness (QED) is 0.242. The van der Waals surface area contributed by atoms with Crippen molar-refractivity contribution in [3.63, 3.8) is 0 Å². The topological polar surface area (TPSA) is 111 Å². The summed E-state index contributed by atoms with van der Waals surface area (Å²) in [6.07, 6.45) is -2.75. The third kappa shape index (κ3) is 7.37. The normalized spacial score (nSPS) is 11.3. The molecule has 0 fully saturated rings. The molecule has 0 aliphatic heterocycles. The summed E-state index contributed by atoms with van der Waals surface area (Å²) in [5.41, 5.74) is 7.03. The first-order chi connectivity index (χ1) is 18.7. The third-order valence-electron chi connectivity index (χ3n) is 6.03. The Bertz CT molecular complexity index is 1440. The minimum Gasteiger partial charge on any atom is -0.487 e. The van der Waals surface area contributed by atoms with E-state index in [9.17, 15) is 23.2 Å². The molecule has 0 saturated heterocycles. The highest BCUT2D eigenvalue weighted by Crippen LogP contribution is 2.39. The van der Waals surface area contributed by atoms with Gasteiger partial charge >= 0.3 is 0 Å². The summed E-state index contributed by atoms with van der Waals surface area (Å²) >= 11 is 9.74. The molecular formula is C29H29BrClF2N3O4. The van der Waals surface area contributed by atoms with Crippen molar-refractivity contribution in [1.29, 1.82) is 0 Å². The van der Waals surface area contributed by atoms with Gasteiger partial charge in [-0.25, -0.2) is 8.78 Å². The van der Waals surface area contributed by atoms with Crippen LogP contribution in [0.5, 0.6) is 5.75 Å². The number of carbonyl (C=O) groups excluding carboxylic acids is 3. The number of carbonyl (C=O) groups is 3. The number of hydrogen-bond acceptors (Lipinski definition) is 4. The first-order valence-corrected chi connectivity index (χ1v) is 13.4. The molecule has 7 nitrogen and oxygen atoms in total. The summed E-state index contributed by atoms with van der Waals surface area (Å²) < 4.78 is 32.0. The lowest BCUT2D eigenvalue weighted by atomic mass is 9.95. The lowest BCUT2D eigenvalue weighted by Gasteiger charge is -2.20. The number of halogens is 4. The molecule has 0 saturated carbocycles. The van der Waals surface area contributed by atoms with E-state index in [-0.39, 0.29) is 45.6 Å². The van der Waals surface area contributed by atoms with Gasteiger partial charge in [0.2, 0.25) is 5.91 Å². The van der Waals surface area contributed by atoms with Gasteiger partial charge in [0.1, 0.15) is 12.4 Å². The molecule has 212 valence electrons. The SMILES string of the molecule is Cc1c(CNC(=O)C(C)(C)C)ccc(Cl)c1C(=O)Nc1ccc(OCC(F)F)c(-c2ccc(Br)cc2)c1C(N)=O. The van der Waals surface area contributed by atoms with Crippen LogP contribution in [-0.4, -0.2) is 30.8 Å². The van der Waals surface area contributed by atoms with Gasteiger partial charge in [0, 0.05) is 22.0 Å². The molecule has 0 aliphatic rings. The highest BCUT2D eigenvalue weighted by molar-refractivity contribution is 9.10. The van der Waals surface area contributed by atoms with Crippen molar-refractivity contribution >= 4 is 50.9 Å². The first-order valence-electron chi connectivity index (χ1n) is 12.2. The van der Waals surface area contributed by atoms with Crippen LogP contribution in [0.15, 0.2) is 53.0 Å². The van der Waals surface area contributed by atoms with Gasteiger partial charge in [-0.1, -0.05) is 66.5 Å². The summed E-state index contributed by atoms with van der Waals surface area (Å²) in [6, 6.07) is 12.7. The van der Waals surface area contributed by atoms with Crippen molar-refractivity contribution in [1.82, 2.24) is 5.32 Å². The van der Waals surface area contributed by atoms with E-state index in [2.05, 4.69) is 26.6 Å². The second kappa shape index (κ2) is 12.8. The molecule has 4 N–H and O–H groups in total. The predicted octanol–water partition coefficient (Wildman–Crippen LogP) is 6.74. The van der Waals surface area contributed by atoms with Crippen molar-refractivity contribution in [3.8, 4) is 16.9 Å². The summed E-state index contributed by atoms with van der Waals surface area (Å²) in [4.78, 5) is 38.5. The number of rotatable bonds is 9. The Morgan fingerprint density at radius 1 is 1.02 bits per heavy atom. The Morgan fingerprint density at radius 3 is 2.25 bits per heavy atom. The van der Waals surface area contributed by atoms with Crippen LogP contribution in [0.25, 0.3) is 11.1 Å². The molecule has 0 aromatic heterocycles. The molecule has 11 heteroatoms. The smallest absolute Gasteiger partial charge is 0.272 e. The molecule has 0 radical (unpaired) electrons. The molecule has 0 atom stereocenters. The average Bonchev–Trinajstić information content (AvgIpc) is 2.86. The van der Waals surface area contributed by atoms with Crippen molar-refractivity contribution in [3.05, 3.63) is 80.3 Å². The third-order valence-corrected chi connectivity index (χ3v) is 6.88. The molecule has 0 unspecified atom stereocenters. The van der Waals surface area contributed by atoms with Gasteiger partial charge < -0.3 is 21.1 Å². The Balaban J connectivity index is 2.05. The number of hydrogen-bond donors (Lipinski definition) is 3. The Morgan fingerprint density at radius 2 is 1.68 bits per heavy atom. The standard InChI is InChI=1S/C29H29BrClF2N3O4/c1-15-17(13-35-28(39)29(2,3)4)7-10-19(31)23(15)27(38)36-20-11-12-21(40-14-22(32)33)24(25(20)26(34)37)16-5-8-18(30)9-6-16/h5-12,22H,13-14H2,1-4H3,(H2,34,37)(H,35,39)(H,36,38). The summed E-state index contributed by atoms with van der Waals surface area (Å²) in [7, 11) is 0. The van der Waals surface area contributed by atoms with Crippen LogP contribution in [0.3, 0.4) is 0 Å². The van der Waals surface area contributed by atoms with E-state index in [0.717, 1.165) is 4.47 Å². The lowest BCUT2D eigenvalue weighted by molar-refractivity contribution is -0.128. The molecular weight excluding hydrogens is 608 g/mol. The number of nitrogens with two attached hydrogens (primary N) is 1. The van der Waals surface area contributed by atoms with Gasteiger partial charge in [0.15, 0.2) is 0 Å². The fourth-order valence-electron chi connectivity index (χ4n) is 3.94. The van der Waals surface area contributed by atoms with Gasteiger partial charge in [0.05, 0.1) is 21.8 Å². The zero-order chi connectivity index (χ0) is 29.8. The predicted molar refractivity (Wildman–Crippen MR) is 155 cm³/mol. The van der Waals surface area contributed by atoms with Gasteiger partial charge in [-0.15, -0.1) is 0 Å². The molecule has 0 aliphatic carbocycles. The molecule has 40 heavy (non-hydrogen) atoms. The van der Waals surface area contributed by atoms with E-state index in [1.807, 2.05) is 0 Å². The van der Waals surface area contributed by atoms with Crippen LogP contribution in [0.1, 0.15) is 52.6 Å². The number of anilines is 1. The highest BCUT2D eigenvalue weighted by atomic mass is 79.9. The van der Waals surface area contributed by atoms with Gasteiger partial charge in [-0.3, -0.25) is 14.4 Å². The monoisotopic (exact) mass is 635 g/mol. The Hall–Kier alpha value is -3.50. The number of nitrogens with one attached hydrogen (secondary N) is 2. The van der Waals surface area contributed by atoms with Crippen LogP contribution >= 0.6 is 27.5 Å². The second-order valence-corrected chi connectivity index (χ2v) is 11.4. The van der Waals surface area contributed by atoms with Crippen LogP contribution in [0, 0.1) is 12.3 Å². The minimum atomic E-state index is -2.75. The maximum absolute atomic E-state index is 13.5. The molecule has 3 aromatic rings. The number of alkyl halides is 2. The Kier molecular flexibility index (Phi) is 9.92. The molecule has 3 rings (SSSR count). The lowest BCUT2D eigenvalue weighted by Crippen LogP contribution is -2.34. The van der Waals surface area contributed by atoms with Crippen LogP contribution in [0.4, 0.5) is 14.5 Å². The van der Waals surface area contributed by atoms with Gasteiger partial charge in [0.25, 0.3) is 18.2 Å². The zero-order valence-electron chi connectivity index (χ0n) is 22.3. The highest BCUT2D eigenvalue weighted by Gasteiger charge is 2.25. The van der Waals surface area contributed by atoms with Crippen LogP contribution < -0.4 is 21.1 Å². The molecule has 0 heterocycles. The number of benzene rings is 3. The fraction of sp³-hybridized carbons (Fsp3) is 0.276. The van der Waals surface area contributed by atoms with Crippen molar-refractivity contribution in [2.75, 3.05) is 11.9 Å². The maximum Gasteiger partial charge on any atom is 0.272 e. The number of amides is 3. The van der Waals surface area contributed by atoms with Crippen molar-refractivity contribution < 1.29 is 27.9 Å². The number of ether oxygens (including phenoxy) is 1. The first kappa shape index (κ1) is 31.0. The van der Waals surface area contributed by atoms with E-state index < -0.39 is 30.3 Å². The average molecular weight is 637 g/mol. The van der Waals surface area contributed by atoms with Crippen LogP contribution in [0.2, 0.25) is 5.02 Å². The molecule has 3 amide bonds. The van der Waals surface area contributed by atoms with Gasteiger partial charge in [-0.2, -0.15) is 0 Å². The van der Waals surface area contributed by atoms with Crippen molar-refractivity contribution in [2.45, 2.75) is 40.7 Å². The van der Waals surface area contributed by atoms with Crippen LogP contribution in [-0.2, 0) is 11.3 Å². The fourth-order valence-corrected chi connectivity index (χ4v) is 4.49. The summed E-state index contributed by atoms with van der Waals surface area (Å²) in [6.45, 7) is 6.34. The van der Waals surface area contributed by atoms with Crippen molar-refractivity contribution in [2.24, 2.45) is 11.1 Å². The second-order valence-electron chi connectivity index (χ2n) is 10.0. The van der Waals surface area contributed by atoms with Gasteiger partial charge in [-0.05, 0) is 53.9 Å². The minimum absolute atomic E-state index is 0.000205. The molecule has 0 spiro atoms. The summed E-state index contributed by atoms with van der Waals surface area (Å²) in [5, 5.41) is 5.70. The zero-order valence-corrected chi connectivity index (χ0v) is 24.7. The van der Waals surface area contributed by atoms with E-state index in [0.29, 0.717) is 16.7 Å². The van der Waals surface area contributed by atoms with E-state index >= 15 is 0 Å². The number of primary amides is 1. The van der Waals surface area contributed by atoms with E-state index in [1.165, 1.54) is 12.1 Å². The maximum atomic E-state index is 13.5. The largest absolute Gasteiger partial charge is 0.487 e. The molecule has 0 bridgehead atoms.